The molecule has 0 radical (unpaired) electrons. The van der Waals surface area contributed by atoms with Gasteiger partial charge in [0.2, 0.25) is 5.56 Å². The van der Waals surface area contributed by atoms with Gasteiger partial charge in [-0.2, -0.15) is 0 Å². The number of aromatic nitrogens is 1. The molecular weight excluding hydrogens is 210 g/mol. The Bertz CT molecular complexity index is 604. The van der Waals surface area contributed by atoms with Crippen LogP contribution in [-0.4, -0.2) is 10.9 Å². The molecule has 1 heterocycles. The summed E-state index contributed by atoms with van der Waals surface area (Å²) in [6.07, 6.45) is 1.69. The number of alkyl halides is 1. The topological polar surface area (TPSA) is 32.9 Å². The van der Waals surface area contributed by atoms with Gasteiger partial charge in [-0.05, 0) is 22.9 Å². The maximum absolute atomic E-state index is 11.1. The minimum absolute atomic E-state index is 0.107. The lowest BCUT2D eigenvalue weighted by molar-refractivity contribution is 1.27. The Morgan fingerprint density at radius 3 is 2.93 bits per heavy atom. The highest BCUT2D eigenvalue weighted by molar-refractivity contribution is 6.19. The number of benzene rings is 1. The minimum atomic E-state index is -0.107. The van der Waals surface area contributed by atoms with Gasteiger partial charge in [0.05, 0.1) is 5.88 Å². The molecular formula is C12H8ClNO. The van der Waals surface area contributed by atoms with E-state index in [1.165, 1.54) is 0 Å². The van der Waals surface area contributed by atoms with Crippen molar-refractivity contribution in [2.45, 2.75) is 0 Å². The van der Waals surface area contributed by atoms with Gasteiger partial charge in [0.15, 0.2) is 0 Å². The zero-order chi connectivity index (χ0) is 10.7. The Labute approximate surface area is 91.9 Å². The van der Waals surface area contributed by atoms with E-state index in [4.69, 9.17) is 11.6 Å². The fraction of sp³-hybridized carbons (Fsp3) is 0.0833. The van der Waals surface area contributed by atoms with Crippen LogP contribution in [0.1, 0.15) is 5.56 Å². The molecule has 1 aromatic heterocycles. The predicted octanol–water partition coefficient (Wildman–Crippen LogP) is 2.12. The lowest BCUT2D eigenvalue weighted by atomic mass is 10.1. The van der Waals surface area contributed by atoms with E-state index in [-0.39, 0.29) is 5.56 Å². The Kier molecular flexibility index (Phi) is 2.75. The number of hydrogen-bond acceptors (Lipinski definition) is 1. The van der Waals surface area contributed by atoms with Crippen LogP contribution in [0.15, 0.2) is 35.3 Å². The SMILES string of the molecule is O=c1cc2cc(C#CCCl)ccc2c[nH]1. The van der Waals surface area contributed by atoms with Crippen LogP contribution in [0.2, 0.25) is 0 Å². The molecule has 1 N–H and O–H groups in total. The summed E-state index contributed by atoms with van der Waals surface area (Å²) in [5.74, 6) is 6.00. The van der Waals surface area contributed by atoms with E-state index in [0.717, 1.165) is 16.3 Å². The van der Waals surface area contributed by atoms with E-state index in [2.05, 4.69) is 16.8 Å². The lowest BCUT2D eigenvalue weighted by Crippen LogP contribution is -2.01. The van der Waals surface area contributed by atoms with Crippen molar-refractivity contribution >= 4 is 22.4 Å². The number of halogens is 1. The molecule has 0 bridgehead atoms. The molecule has 2 aromatic rings. The summed E-state index contributed by atoms with van der Waals surface area (Å²) in [5, 5.41) is 1.88. The highest BCUT2D eigenvalue weighted by atomic mass is 35.5. The van der Waals surface area contributed by atoms with Crippen LogP contribution in [0.5, 0.6) is 0 Å². The second kappa shape index (κ2) is 4.20. The maximum atomic E-state index is 11.1. The Balaban J connectivity index is 2.59. The van der Waals surface area contributed by atoms with Crippen molar-refractivity contribution in [3.8, 4) is 11.8 Å². The van der Waals surface area contributed by atoms with Crippen LogP contribution in [0.3, 0.4) is 0 Å². The zero-order valence-corrected chi connectivity index (χ0v) is 8.64. The average molecular weight is 218 g/mol. The molecule has 74 valence electrons. The molecule has 2 rings (SSSR count). The number of fused-ring (bicyclic) bond motifs is 1. The fourth-order valence-corrected chi connectivity index (χ4v) is 1.44. The van der Waals surface area contributed by atoms with Gasteiger partial charge in [-0.3, -0.25) is 4.79 Å². The van der Waals surface area contributed by atoms with Crippen molar-refractivity contribution in [1.82, 2.24) is 4.98 Å². The Hall–Kier alpha value is -1.72. The molecule has 0 aliphatic rings. The van der Waals surface area contributed by atoms with Crippen molar-refractivity contribution < 1.29 is 0 Å². The van der Waals surface area contributed by atoms with E-state index in [1.807, 2.05) is 18.2 Å². The first-order chi connectivity index (χ1) is 7.29. The molecule has 0 atom stereocenters. The molecule has 1 aromatic carbocycles. The highest BCUT2D eigenvalue weighted by Gasteiger charge is 1.94. The normalized spacial score (nSPS) is 9.67. The highest BCUT2D eigenvalue weighted by Crippen LogP contribution is 2.12. The summed E-state index contributed by atoms with van der Waals surface area (Å²) in [4.78, 5) is 13.7. The Morgan fingerprint density at radius 1 is 1.27 bits per heavy atom. The number of nitrogens with one attached hydrogen (secondary N) is 1. The van der Waals surface area contributed by atoms with Crippen LogP contribution < -0.4 is 5.56 Å². The third-order valence-corrected chi connectivity index (χ3v) is 2.18. The molecule has 0 saturated carbocycles. The number of hydrogen-bond donors (Lipinski definition) is 1. The van der Waals surface area contributed by atoms with Crippen LogP contribution in [0.4, 0.5) is 0 Å². The van der Waals surface area contributed by atoms with Gasteiger partial charge in [0.25, 0.3) is 0 Å². The van der Waals surface area contributed by atoms with Gasteiger partial charge in [-0.15, -0.1) is 11.6 Å². The molecule has 0 aliphatic heterocycles. The average Bonchev–Trinajstić information content (AvgIpc) is 2.25. The summed E-state index contributed by atoms with van der Waals surface area (Å²) < 4.78 is 0. The molecule has 0 saturated heterocycles. The first-order valence-electron chi connectivity index (χ1n) is 4.47. The summed E-state index contributed by atoms with van der Waals surface area (Å²) in [7, 11) is 0. The molecule has 3 heteroatoms. The first-order valence-corrected chi connectivity index (χ1v) is 5.00. The number of H-pyrrole nitrogens is 1. The van der Waals surface area contributed by atoms with Gasteiger partial charge in [0.1, 0.15) is 0 Å². The van der Waals surface area contributed by atoms with Crippen LogP contribution in [0.25, 0.3) is 10.8 Å². The number of aromatic amines is 1. The fourth-order valence-electron chi connectivity index (χ4n) is 1.38. The van der Waals surface area contributed by atoms with Gasteiger partial charge in [-0.1, -0.05) is 17.9 Å². The minimum Gasteiger partial charge on any atom is -0.328 e. The van der Waals surface area contributed by atoms with Crippen LogP contribution >= 0.6 is 11.6 Å². The lowest BCUT2D eigenvalue weighted by Gasteiger charge is -1.96. The third kappa shape index (κ3) is 2.20. The summed E-state index contributed by atoms with van der Waals surface area (Å²) in [6.45, 7) is 0. The quantitative estimate of drug-likeness (QED) is 0.532. The second-order valence-electron chi connectivity index (χ2n) is 3.08. The van der Waals surface area contributed by atoms with Crippen molar-refractivity contribution in [3.63, 3.8) is 0 Å². The predicted molar refractivity (Wildman–Crippen MR) is 62.2 cm³/mol. The Morgan fingerprint density at radius 2 is 2.13 bits per heavy atom. The first kappa shape index (κ1) is 9.82. The van der Waals surface area contributed by atoms with E-state index in [1.54, 1.807) is 12.3 Å². The molecule has 0 aliphatic carbocycles. The largest absolute Gasteiger partial charge is 0.328 e. The summed E-state index contributed by atoms with van der Waals surface area (Å²) in [6, 6.07) is 7.26. The van der Waals surface area contributed by atoms with Gasteiger partial charge < -0.3 is 4.98 Å². The molecule has 15 heavy (non-hydrogen) atoms. The van der Waals surface area contributed by atoms with E-state index in [9.17, 15) is 4.79 Å². The smallest absolute Gasteiger partial charge is 0.248 e. The van der Waals surface area contributed by atoms with Gasteiger partial charge in [-0.25, -0.2) is 0 Å². The van der Waals surface area contributed by atoms with E-state index < -0.39 is 0 Å². The molecule has 0 unspecified atom stereocenters. The van der Waals surface area contributed by atoms with Gasteiger partial charge in [0, 0.05) is 17.8 Å². The molecule has 0 spiro atoms. The molecule has 2 nitrogen and oxygen atoms in total. The summed E-state index contributed by atoms with van der Waals surface area (Å²) >= 11 is 5.47. The number of pyridine rings is 1. The monoisotopic (exact) mass is 217 g/mol. The van der Waals surface area contributed by atoms with Crippen molar-refractivity contribution in [1.29, 1.82) is 0 Å². The van der Waals surface area contributed by atoms with Crippen LogP contribution in [-0.2, 0) is 0 Å². The van der Waals surface area contributed by atoms with Crippen molar-refractivity contribution in [3.05, 3.63) is 46.4 Å². The van der Waals surface area contributed by atoms with E-state index in [0.29, 0.717) is 5.88 Å². The van der Waals surface area contributed by atoms with Crippen LogP contribution in [0, 0.1) is 11.8 Å². The number of rotatable bonds is 0. The zero-order valence-electron chi connectivity index (χ0n) is 7.88. The van der Waals surface area contributed by atoms with Gasteiger partial charge >= 0.3 is 0 Å². The third-order valence-electron chi connectivity index (χ3n) is 2.04. The molecule has 0 fully saturated rings. The van der Waals surface area contributed by atoms with Crippen molar-refractivity contribution in [2.75, 3.05) is 5.88 Å². The van der Waals surface area contributed by atoms with Crippen molar-refractivity contribution in [2.24, 2.45) is 0 Å². The second-order valence-corrected chi connectivity index (χ2v) is 3.34. The molecule has 0 amide bonds. The summed E-state index contributed by atoms with van der Waals surface area (Å²) in [5.41, 5.74) is 0.763. The van der Waals surface area contributed by atoms with E-state index >= 15 is 0 Å². The maximum Gasteiger partial charge on any atom is 0.248 e. The standard InChI is InChI=1S/C12H8ClNO/c13-5-1-2-9-3-4-10-8-14-12(15)7-11(10)6-9/h3-4,6-8H,5H2,(H,14,15).